The molecule has 1 fully saturated rings. The number of rotatable bonds is 4. The highest BCUT2D eigenvalue weighted by molar-refractivity contribution is 6.49. The zero-order valence-electron chi connectivity index (χ0n) is 14.2. The summed E-state index contributed by atoms with van der Waals surface area (Å²) in [4.78, 5) is 19.7. The van der Waals surface area contributed by atoms with Crippen molar-refractivity contribution in [2.45, 2.75) is 51.1 Å². The van der Waals surface area contributed by atoms with Gasteiger partial charge in [0.1, 0.15) is 10.3 Å². The minimum atomic E-state index is -0.767. The van der Waals surface area contributed by atoms with Crippen molar-refractivity contribution in [2.75, 3.05) is 12.8 Å². The number of ether oxygens (including phenoxy) is 1. The maximum atomic E-state index is 11.9. The second-order valence-electron chi connectivity index (χ2n) is 6.59. The molecule has 1 aliphatic heterocycles. The van der Waals surface area contributed by atoms with Crippen molar-refractivity contribution >= 4 is 42.2 Å². The van der Waals surface area contributed by atoms with Crippen LogP contribution in [0.1, 0.15) is 45.5 Å². The van der Waals surface area contributed by atoms with Crippen molar-refractivity contribution in [3.63, 3.8) is 0 Å². The van der Waals surface area contributed by atoms with Crippen molar-refractivity contribution < 1.29 is 18.8 Å². The SMILES string of the molecule is COC(=O)CC(B1OC(C)(C)C(C)(C)O1)c1c(Cl)nc(N)nc1Cl. The second kappa shape index (κ2) is 6.67. The Labute approximate surface area is 151 Å². The lowest BCUT2D eigenvalue weighted by Crippen LogP contribution is -2.41. The molecule has 0 spiro atoms. The Bertz CT molecular complexity index is 618. The van der Waals surface area contributed by atoms with Gasteiger partial charge in [0.2, 0.25) is 5.95 Å². The minimum absolute atomic E-state index is 0.0520. The van der Waals surface area contributed by atoms with Crippen molar-refractivity contribution in [2.24, 2.45) is 0 Å². The first-order chi connectivity index (χ1) is 11.0. The lowest BCUT2D eigenvalue weighted by Gasteiger charge is -2.32. The number of halogens is 2. The highest BCUT2D eigenvalue weighted by Gasteiger charge is 2.55. The number of aromatic nitrogens is 2. The zero-order valence-corrected chi connectivity index (χ0v) is 15.7. The molecular weight excluding hydrogens is 356 g/mol. The number of anilines is 1. The van der Waals surface area contributed by atoms with Gasteiger partial charge in [0.15, 0.2) is 0 Å². The highest BCUT2D eigenvalue weighted by atomic mass is 35.5. The van der Waals surface area contributed by atoms with Crippen molar-refractivity contribution in [1.82, 2.24) is 9.97 Å². The van der Waals surface area contributed by atoms with Gasteiger partial charge in [0.05, 0.1) is 24.7 Å². The summed E-state index contributed by atoms with van der Waals surface area (Å²) in [5.41, 5.74) is 4.73. The molecular formula is C14H20BCl2N3O4. The van der Waals surface area contributed by atoms with Crippen LogP contribution in [0, 0.1) is 0 Å². The van der Waals surface area contributed by atoms with Crippen molar-refractivity contribution in [3.05, 3.63) is 15.9 Å². The van der Waals surface area contributed by atoms with Crippen LogP contribution in [-0.4, -0.2) is 41.4 Å². The van der Waals surface area contributed by atoms with E-state index in [0.29, 0.717) is 5.56 Å². The lowest BCUT2D eigenvalue weighted by molar-refractivity contribution is -0.140. The van der Waals surface area contributed by atoms with Crippen LogP contribution in [0.3, 0.4) is 0 Å². The molecule has 0 aromatic carbocycles. The molecule has 1 aliphatic rings. The fourth-order valence-electron chi connectivity index (χ4n) is 2.39. The Morgan fingerprint density at radius 3 is 2.08 bits per heavy atom. The molecule has 0 amide bonds. The van der Waals surface area contributed by atoms with E-state index in [1.165, 1.54) is 7.11 Å². The molecule has 1 atom stereocenters. The standard InChI is InChI=1S/C14H20BCl2N3O4/c1-13(2)14(3,4)24-15(23-13)7(6-8(21)22-5)9-10(16)19-12(18)20-11(9)17/h7H,6H2,1-5H3,(H2,18,19,20). The molecule has 1 unspecified atom stereocenters. The van der Waals surface area contributed by atoms with Gasteiger partial charge in [0, 0.05) is 11.4 Å². The molecule has 2 heterocycles. The molecule has 2 N–H and O–H groups in total. The maximum Gasteiger partial charge on any atom is 0.466 e. The van der Waals surface area contributed by atoms with Crippen LogP contribution < -0.4 is 5.73 Å². The predicted molar refractivity (Wildman–Crippen MR) is 91.9 cm³/mol. The van der Waals surface area contributed by atoms with Crippen molar-refractivity contribution in [3.8, 4) is 0 Å². The Morgan fingerprint density at radius 1 is 1.21 bits per heavy atom. The van der Waals surface area contributed by atoms with Gasteiger partial charge in [-0.05, 0) is 27.7 Å². The summed E-state index contributed by atoms with van der Waals surface area (Å²) >= 11 is 12.4. The number of nitrogens with two attached hydrogens (primary N) is 1. The minimum Gasteiger partial charge on any atom is -0.469 e. The van der Waals surface area contributed by atoms with Gasteiger partial charge in [-0.1, -0.05) is 23.2 Å². The molecule has 0 aliphatic carbocycles. The average Bonchev–Trinajstić information content (AvgIpc) is 2.64. The van der Waals surface area contributed by atoms with Gasteiger partial charge in [-0.2, -0.15) is 0 Å². The van der Waals surface area contributed by atoms with Gasteiger partial charge in [-0.3, -0.25) is 4.79 Å². The molecule has 1 aromatic rings. The second-order valence-corrected chi connectivity index (χ2v) is 7.30. The molecule has 1 aromatic heterocycles. The van der Waals surface area contributed by atoms with Crippen LogP contribution in [0.5, 0.6) is 0 Å². The van der Waals surface area contributed by atoms with E-state index in [1.54, 1.807) is 0 Å². The largest absolute Gasteiger partial charge is 0.469 e. The van der Waals surface area contributed by atoms with E-state index in [2.05, 4.69) is 9.97 Å². The number of hydrogen-bond acceptors (Lipinski definition) is 7. The van der Waals surface area contributed by atoms with Gasteiger partial charge < -0.3 is 19.8 Å². The van der Waals surface area contributed by atoms with Crippen LogP contribution in [0.15, 0.2) is 0 Å². The summed E-state index contributed by atoms with van der Waals surface area (Å²) in [7, 11) is 0.531. The van der Waals surface area contributed by atoms with Crippen LogP contribution in [-0.2, 0) is 18.8 Å². The smallest absolute Gasteiger partial charge is 0.466 e. The Balaban J connectivity index is 2.46. The summed E-state index contributed by atoms with van der Waals surface area (Å²) in [6.07, 6.45) is -0.0555. The quantitative estimate of drug-likeness (QED) is 0.490. The Morgan fingerprint density at radius 2 is 1.67 bits per heavy atom. The number of methoxy groups -OCH3 is 1. The molecule has 1 saturated heterocycles. The van der Waals surface area contributed by atoms with Crippen molar-refractivity contribution in [1.29, 1.82) is 0 Å². The van der Waals surface area contributed by atoms with Gasteiger partial charge in [-0.15, -0.1) is 0 Å². The normalized spacial score (nSPS) is 20.0. The molecule has 0 bridgehead atoms. The number of carbonyl (C=O) groups is 1. The van der Waals surface area contributed by atoms with Crippen LogP contribution in [0.25, 0.3) is 0 Å². The highest BCUT2D eigenvalue weighted by Crippen LogP contribution is 2.44. The summed E-state index contributed by atoms with van der Waals surface area (Å²) in [5.74, 6) is -1.16. The fraction of sp³-hybridized carbons (Fsp3) is 0.643. The predicted octanol–water partition coefficient (Wildman–Crippen LogP) is 2.64. The molecule has 7 nitrogen and oxygen atoms in total. The van der Waals surface area contributed by atoms with E-state index in [4.69, 9.17) is 43.0 Å². The summed E-state index contributed by atoms with van der Waals surface area (Å²) in [6, 6.07) is 0. The lowest BCUT2D eigenvalue weighted by atomic mass is 9.66. The number of hydrogen-bond donors (Lipinski definition) is 1. The third-order valence-corrected chi connectivity index (χ3v) is 5.03. The first-order valence-corrected chi connectivity index (χ1v) is 8.15. The van der Waals surface area contributed by atoms with Gasteiger partial charge in [-0.25, -0.2) is 9.97 Å². The average molecular weight is 376 g/mol. The molecule has 2 rings (SSSR count). The fourth-order valence-corrected chi connectivity index (χ4v) is 3.07. The monoisotopic (exact) mass is 375 g/mol. The zero-order chi connectivity index (χ0) is 18.3. The third-order valence-electron chi connectivity index (χ3n) is 4.45. The topological polar surface area (TPSA) is 96.6 Å². The van der Waals surface area contributed by atoms with E-state index < -0.39 is 30.1 Å². The number of esters is 1. The molecule has 132 valence electrons. The first-order valence-electron chi connectivity index (χ1n) is 7.39. The van der Waals surface area contributed by atoms with Crippen LogP contribution >= 0.6 is 23.2 Å². The summed E-state index contributed by atoms with van der Waals surface area (Å²) in [5, 5.41) is 0.104. The van der Waals surface area contributed by atoms with E-state index in [0.717, 1.165) is 0 Å². The molecule has 24 heavy (non-hydrogen) atoms. The molecule has 0 saturated carbocycles. The van der Waals surface area contributed by atoms with E-state index >= 15 is 0 Å². The summed E-state index contributed by atoms with van der Waals surface area (Å²) in [6.45, 7) is 7.63. The van der Waals surface area contributed by atoms with E-state index in [-0.39, 0.29) is 22.7 Å². The number of carbonyl (C=O) groups excluding carboxylic acids is 1. The maximum absolute atomic E-state index is 11.9. The Hall–Kier alpha value is -1.09. The number of nitrogen functional groups attached to an aromatic ring is 1. The van der Waals surface area contributed by atoms with Crippen LogP contribution in [0.2, 0.25) is 10.3 Å². The molecule has 10 heteroatoms. The van der Waals surface area contributed by atoms with E-state index in [1.807, 2.05) is 27.7 Å². The summed E-state index contributed by atoms with van der Waals surface area (Å²) < 4.78 is 16.8. The van der Waals surface area contributed by atoms with Gasteiger partial charge in [0.25, 0.3) is 0 Å². The first kappa shape index (κ1) is 19.2. The van der Waals surface area contributed by atoms with Gasteiger partial charge >= 0.3 is 13.1 Å². The Kier molecular flexibility index (Phi) is 5.35. The van der Waals surface area contributed by atoms with E-state index in [9.17, 15) is 4.79 Å². The number of nitrogens with zero attached hydrogens (tertiary/aromatic N) is 2. The molecule has 0 radical (unpaired) electrons. The third kappa shape index (κ3) is 3.61. The van der Waals surface area contributed by atoms with Crippen LogP contribution in [0.4, 0.5) is 5.95 Å².